The number of rotatable bonds is 9. The van der Waals surface area contributed by atoms with E-state index in [4.69, 9.17) is 30.5 Å². The van der Waals surface area contributed by atoms with Crippen molar-refractivity contribution < 1.29 is 42.0 Å². The number of ether oxygens (including phenoxy) is 4. The van der Waals surface area contributed by atoms with E-state index in [0.717, 1.165) is 12.1 Å². The van der Waals surface area contributed by atoms with E-state index >= 15 is 0 Å². The van der Waals surface area contributed by atoms with Crippen molar-refractivity contribution in [2.75, 3.05) is 26.9 Å². The number of aliphatic hydroxyl groups excluding tert-OH is 1. The fourth-order valence-corrected chi connectivity index (χ4v) is 7.53. The molecule has 13 nitrogen and oxygen atoms in total. The molecule has 2 aliphatic heterocycles. The Morgan fingerprint density at radius 3 is 2.46 bits per heavy atom. The Bertz CT molecular complexity index is 1740. The van der Waals surface area contributed by atoms with Crippen molar-refractivity contribution in [3.05, 3.63) is 65.5 Å². The lowest BCUT2D eigenvalue weighted by molar-refractivity contribution is -0.172. The molecule has 48 heavy (non-hydrogen) atoms. The minimum Gasteiger partial charge on any atom is -0.463 e. The van der Waals surface area contributed by atoms with Gasteiger partial charge in [-0.1, -0.05) is 29.0 Å². The van der Waals surface area contributed by atoms with Crippen LogP contribution in [-0.4, -0.2) is 102 Å². The molecule has 0 spiro atoms. The molecule has 2 aliphatic rings. The third-order valence-electron chi connectivity index (χ3n) is 8.38. The van der Waals surface area contributed by atoms with E-state index in [1.165, 1.54) is 36.7 Å². The average molecular weight is 710 g/mol. The van der Waals surface area contributed by atoms with Gasteiger partial charge in [-0.25, -0.2) is 27.5 Å². The molecule has 0 amide bonds. The number of benzene rings is 1. The van der Waals surface area contributed by atoms with Crippen molar-refractivity contribution in [3.63, 3.8) is 0 Å². The van der Waals surface area contributed by atoms with E-state index in [-0.39, 0.29) is 37.0 Å². The summed E-state index contributed by atoms with van der Waals surface area (Å²) in [6, 6.07) is 3.91. The van der Waals surface area contributed by atoms with Gasteiger partial charge in [-0.05, 0) is 24.3 Å². The highest BCUT2D eigenvalue weighted by Crippen LogP contribution is 2.43. The zero-order valence-corrected chi connectivity index (χ0v) is 27.4. The lowest BCUT2D eigenvalue weighted by atomic mass is 9.89. The molecule has 4 aromatic rings. The number of hydrogen-bond donors (Lipinski definition) is 1. The Morgan fingerprint density at radius 2 is 1.77 bits per heavy atom. The van der Waals surface area contributed by atoms with Crippen LogP contribution in [0, 0.1) is 23.4 Å². The lowest BCUT2D eigenvalue weighted by Gasteiger charge is -2.46. The van der Waals surface area contributed by atoms with Gasteiger partial charge < -0.3 is 24.1 Å². The summed E-state index contributed by atoms with van der Waals surface area (Å²) >= 11 is 7.31. The van der Waals surface area contributed by atoms with E-state index in [1.807, 2.05) is 6.92 Å². The number of methoxy groups -OCH3 is 1. The van der Waals surface area contributed by atoms with Gasteiger partial charge in [-0.15, -0.1) is 22.0 Å². The molecule has 1 aromatic carbocycles. The number of nitrogens with zero attached hydrogens (tertiary/aromatic N) is 7. The van der Waals surface area contributed by atoms with Gasteiger partial charge in [0, 0.05) is 37.3 Å². The van der Waals surface area contributed by atoms with Crippen LogP contribution in [0.2, 0.25) is 5.15 Å². The van der Waals surface area contributed by atoms with Gasteiger partial charge in [-0.3, -0.25) is 4.79 Å². The van der Waals surface area contributed by atoms with Gasteiger partial charge in [0.15, 0.2) is 17.5 Å². The standard InChI is InChI=1S/C30H31ClF3N7O6S/c1-14-23(12-46-15(2)42)47-30(29(44-3)27(14)41-10-21(37-39-41)17-6-18(32)26(34)19(33)7-17)48-24-13-45-11-22(28(24)43)40-9-20(36-38-40)16-4-5-35-25(31)8-16/h4-10,14,22-24,27-30,43H,11-13H2,1-3H3. The van der Waals surface area contributed by atoms with E-state index in [2.05, 4.69) is 25.6 Å². The van der Waals surface area contributed by atoms with Crippen LogP contribution in [-0.2, 0) is 23.7 Å². The first kappa shape index (κ1) is 34.3. The highest BCUT2D eigenvalue weighted by molar-refractivity contribution is 8.00. The number of aliphatic hydroxyl groups is 1. The van der Waals surface area contributed by atoms with Crippen molar-refractivity contribution in [1.29, 1.82) is 0 Å². The third-order valence-corrected chi connectivity index (χ3v) is 10.0. The van der Waals surface area contributed by atoms with Gasteiger partial charge in [0.05, 0.1) is 49.1 Å². The molecule has 8 atom stereocenters. The maximum atomic E-state index is 14.0. The third kappa shape index (κ3) is 7.06. The van der Waals surface area contributed by atoms with E-state index in [9.17, 15) is 23.1 Å². The van der Waals surface area contributed by atoms with Gasteiger partial charge in [-0.2, -0.15) is 0 Å². The van der Waals surface area contributed by atoms with E-state index in [0.29, 0.717) is 16.4 Å². The summed E-state index contributed by atoms with van der Waals surface area (Å²) in [6.45, 7) is 3.43. The molecule has 8 unspecified atom stereocenters. The van der Waals surface area contributed by atoms with Crippen molar-refractivity contribution in [3.8, 4) is 22.5 Å². The second kappa shape index (κ2) is 14.5. The molecule has 5 heterocycles. The van der Waals surface area contributed by atoms with Crippen LogP contribution in [0.15, 0.2) is 42.9 Å². The van der Waals surface area contributed by atoms with Crippen LogP contribution in [0.4, 0.5) is 13.2 Å². The first-order valence-corrected chi connectivity index (χ1v) is 16.2. The van der Waals surface area contributed by atoms with Gasteiger partial charge in [0.1, 0.15) is 40.7 Å². The normalized spacial score (nSPS) is 27.6. The first-order valence-electron chi connectivity index (χ1n) is 14.9. The van der Waals surface area contributed by atoms with Crippen molar-refractivity contribution in [2.45, 2.75) is 54.9 Å². The SMILES string of the molecule is COC1C(SC2COCC(n3cc(-c4ccnc(Cl)c4)nn3)C2O)OC(COC(C)=O)C(C)C1n1cc(-c2cc(F)c(F)c(F)c2)nn1. The number of thioether (sulfide) groups is 1. The number of esters is 1. The summed E-state index contributed by atoms with van der Waals surface area (Å²) in [4.78, 5) is 15.7. The molecule has 2 fully saturated rings. The maximum absolute atomic E-state index is 14.0. The second-order valence-electron chi connectivity index (χ2n) is 11.5. The van der Waals surface area contributed by atoms with Crippen LogP contribution in [0.1, 0.15) is 25.9 Å². The topological polar surface area (TPSA) is 149 Å². The second-order valence-corrected chi connectivity index (χ2v) is 13.2. The highest BCUT2D eigenvalue weighted by atomic mass is 35.5. The predicted octanol–water partition coefficient (Wildman–Crippen LogP) is 3.88. The number of aromatic nitrogens is 7. The molecular weight excluding hydrogens is 679 g/mol. The van der Waals surface area contributed by atoms with Crippen LogP contribution in [0.25, 0.3) is 22.5 Å². The summed E-state index contributed by atoms with van der Waals surface area (Å²) in [6.07, 6.45) is 2.44. The minimum absolute atomic E-state index is 0.00877. The zero-order valence-electron chi connectivity index (χ0n) is 25.8. The fourth-order valence-electron chi connectivity index (χ4n) is 5.86. The van der Waals surface area contributed by atoms with Gasteiger partial charge in [0.2, 0.25) is 0 Å². The number of carbonyl (C=O) groups excluding carboxylic acids is 1. The summed E-state index contributed by atoms with van der Waals surface area (Å²) in [5, 5.41) is 28.1. The van der Waals surface area contributed by atoms with Crippen LogP contribution in [0.5, 0.6) is 0 Å². The summed E-state index contributed by atoms with van der Waals surface area (Å²) in [5.41, 5.74) is 0.604. The fraction of sp³-hybridized carbons (Fsp3) is 0.467. The van der Waals surface area contributed by atoms with Gasteiger partial charge in [0.25, 0.3) is 0 Å². The summed E-state index contributed by atoms with van der Waals surface area (Å²) < 4.78 is 68.3. The highest BCUT2D eigenvalue weighted by Gasteiger charge is 2.49. The molecule has 0 bridgehead atoms. The number of hydrogen-bond acceptors (Lipinski definition) is 12. The molecule has 6 rings (SSSR count). The number of carbonyl (C=O) groups is 1. The molecule has 1 N–H and O–H groups in total. The number of pyridine rings is 1. The Kier molecular flexibility index (Phi) is 10.3. The molecule has 256 valence electrons. The molecular formula is C30H31ClF3N7O6S. The maximum Gasteiger partial charge on any atom is 0.302 e. The quantitative estimate of drug-likeness (QED) is 0.153. The van der Waals surface area contributed by atoms with Gasteiger partial charge >= 0.3 is 5.97 Å². The van der Waals surface area contributed by atoms with Crippen molar-refractivity contribution >= 4 is 29.3 Å². The van der Waals surface area contributed by atoms with Crippen molar-refractivity contribution in [2.24, 2.45) is 5.92 Å². The minimum atomic E-state index is -1.59. The van der Waals surface area contributed by atoms with Crippen LogP contribution < -0.4 is 0 Å². The Labute approximate surface area is 281 Å². The Morgan fingerprint density at radius 1 is 1.08 bits per heavy atom. The number of halogens is 4. The molecule has 18 heteroatoms. The monoisotopic (exact) mass is 709 g/mol. The van der Waals surface area contributed by atoms with E-state index in [1.54, 1.807) is 29.2 Å². The lowest BCUT2D eigenvalue weighted by Crippen LogP contribution is -2.54. The first-order chi connectivity index (χ1) is 23.0. The Balaban J connectivity index is 1.25. The molecule has 2 saturated heterocycles. The molecule has 3 aromatic heterocycles. The molecule has 0 saturated carbocycles. The van der Waals surface area contributed by atoms with Crippen LogP contribution in [0.3, 0.4) is 0 Å². The Hall–Kier alpha value is -3.61. The van der Waals surface area contributed by atoms with Crippen LogP contribution >= 0.6 is 23.4 Å². The zero-order chi connectivity index (χ0) is 34.1. The predicted molar refractivity (Wildman–Crippen MR) is 165 cm³/mol. The summed E-state index contributed by atoms with van der Waals surface area (Å²) in [7, 11) is 1.50. The molecule has 0 radical (unpaired) electrons. The van der Waals surface area contributed by atoms with E-state index < -0.39 is 64.5 Å². The molecule has 0 aliphatic carbocycles. The van der Waals surface area contributed by atoms with Crippen molar-refractivity contribution in [1.82, 2.24) is 35.0 Å². The largest absolute Gasteiger partial charge is 0.463 e. The smallest absolute Gasteiger partial charge is 0.302 e. The summed E-state index contributed by atoms with van der Waals surface area (Å²) in [5.74, 6) is -5.18. The average Bonchev–Trinajstić information content (AvgIpc) is 3.75.